The van der Waals surface area contributed by atoms with Crippen LogP contribution >= 0.6 is 0 Å². The van der Waals surface area contributed by atoms with Crippen molar-refractivity contribution < 1.29 is 4.74 Å². The lowest BCUT2D eigenvalue weighted by Gasteiger charge is -2.08. The molecule has 0 atom stereocenters. The van der Waals surface area contributed by atoms with Gasteiger partial charge in [-0.15, -0.1) is 0 Å². The summed E-state index contributed by atoms with van der Waals surface area (Å²) in [6.07, 6.45) is 9.60. The zero-order chi connectivity index (χ0) is 14.3. The Hall–Kier alpha value is -1.06. The van der Waals surface area contributed by atoms with E-state index in [0.29, 0.717) is 0 Å². The van der Waals surface area contributed by atoms with Crippen molar-refractivity contribution in [3.8, 4) is 0 Å². The Morgan fingerprint density at radius 1 is 1.15 bits per heavy atom. The van der Waals surface area contributed by atoms with Crippen LogP contribution in [0.25, 0.3) is 0 Å². The lowest BCUT2D eigenvalue weighted by Crippen LogP contribution is -2.24. The van der Waals surface area contributed by atoms with E-state index in [4.69, 9.17) is 4.74 Å². The van der Waals surface area contributed by atoms with Gasteiger partial charge >= 0.3 is 0 Å². The topological polar surface area (TPSA) is 46.0 Å². The Kier molecular flexibility index (Phi) is 5.86. The van der Waals surface area contributed by atoms with Crippen molar-refractivity contribution in [2.24, 2.45) is 9.98 Å². The van der Waals surface area contributed by atoms with Gasteiger partial charge in [-0.1, -0.05) is 12.8 Å². The fraction of sp³-hybridized carbons (Fsp3) is 0.875. The van der Waals surface area contributed by atoms with Gasteiger partial charge in [0.1, 0.15) is 6.61 Å². The standard InChI is InChI=1S/C16H29N3O/c1-16(2)13-20-15(19-16)10-6-4-8-12-18-14-9-5-3-7-11-17-14/h3-13H2,1-2H3,(H,17,18). The molecule has 4 nitrogen and oxygen atoms in total. The van der Waals surface area contributed by atoms with Crippen molar-refractivity contribution in [3.63, 3.8) is 0 Å². The van der Waals surface area contributed by atoms with Gasteiger partial charge in [-0.2, -0.15) is 0 Å². The van der Waals surface area contributed by atoms with Gasteiger partial charge in [0.2, 0.25) is 0 Å². The monoisotopic (exact) mass is 279 g/mol. The molecule has 20 heavy (non-hydrogen) atoms. The molecule has 2 heterocycles. The minimum atomic E-state index is -0.00543. The molecule has 2 rings (SSSR count). The SMILES string of the molecule is CC1(C)COC(CCCCCNC2=NCCCCC2)=N1. The molecule has 2 aliphatic rings. The molecule has 2 aliphatic heterocycles. The van der Waals surface area contributed by atoms with E-state index >= 15 is 0 Å². The molecule has 0 aromatic rings. The molecule has 0 amide bonds. The highest BCUT2D eigenvalue weighted by Crippen LogP contribution is 2.19. The largest absolute Gasteiger partial charge is 0.478 e. The molecule has 4 heteroatoms. The first-order valence-corrected chi connectivity index (χ1v) is 8.14. The Labute approximate surface area is 123 Å². The van der Waals surface area contributed by atoms with Gasteiger partial charge in [0, 0.05) is 25.9 Å². The van der Waals surface area contributed by atoms with Crippen LogP contribution < -0.4 is 5.32 Å². The summed E-state index contributed by atoms with van der Waals surface area (Å²) < 4.78 is 5.60. The zero-order valence-electron chi connectivity index (χ0n) is 13.1. The molecule has 0 aromatic heterocycles. The van der Waals surface area contributed by atoms with Gasteiger partial charge in [0.25, 0.3) is 0 Å². The quantitative estimate of drug-likeness (QED) is 0.758. The molecule has 0 saturated carbocycles. The van der Waals surface area contributed by atoms with Crippen molar-refractivity contribution in [2.75, 3.05) is 19.7 Å². The number of hydrogen-bond acceptors (Lipinski definition) is 4. The van der Waals surface area contributed by atoms with Crippen LogP contribution in [-0.4, -0.2) is 37.0 Å². The van der Waals surface area contributed by atoms with Gasteiger partial charge in [-0.25, -0.2) is 4.99 Å². The summed E-state index contributed by atoms with van der Waals surface area (Å²) in [5.41, 5.74) is -0.00543. The minimum Gasteiger partial charge on any atom is -0.478 e. The minimum absolute atomic E-state index is 0.00543. The van der Waals surface area contributed by atoms with E-state index in [1.54, 1.807) is 0 Å². The van der Waals surface area contributed by atoms with Crippen LogP contribution in [0.5, 0.6) is 0 Å². The summed E-state index contributed by atoms with van der Waals surface area (Å²) in [5.74, 6) is 2.18. The van der Waals surface area contributed by atoms with Gasteiger partial charge < -0.3 is 10.1 Å². The summed E-state index contributed by atoms with van der Waals surface area (Å²) in [5, 5.41) is 3.49. The molecule has 0 saturated heterocycles. The van der Waals surface area contributed by atoms with Gasteiger partial charge in [-0.3, -0.25) is 4.99 Å². The van der Waals surface area contributed by atoms with E-state index in [1.807, 2.05) is 0 Å². The molecule has 0 fully saturated rings. The number of hydrogen-bond donors (Lipinski definition) is 1. The van der Waals surface area contributed by atoms with Crippen LogP contribution in [0.3, 0.4) is 0 Å². The third-order valence-corrected chi connectivity index (χ3v) is 3.79. The van der Waals surface area contributed by atoms with E-state index < -0.39 is 0 Å². The fourth-order valence-electron chi connectivity index (χ4n) is 2.62. The Morgan fingerprint density at radius 3 is 2.85 bits per heavy atom. The third-order valence-electron chi connectivity index (χ3n) is 3.79. The van der Waals surface area contributed by atoms with Crippen molar-refractivity contribution in [3.05, 3.63) is 0 Å². The van der Waals surface area contributed by atoms with E-state index in [-0.39, 0.29) is 5.54 Å². The summed E-state index contributed by atoms with van der Waals surface area (Å²) in [7, 11) is 0. The van der Waals surface area contributed by atoms with Gasteiger partial charge in [0.15, 0.2) is 5.90 Å². The number of nitrogens with zero attached hydrogens (tertiary/aromatic N) is 2. The predicted octanol–water partition coefficient (Wildman–Crippen LogP) is 3.32. The maximum Gasteiger partial charge on any atom is 0.183 e. The van der Waals surface area contributed by atoms with E-state index in [0.717, 1.165) is 38.4 Å². The normalized spacial score (nSPS) is 21.7. The van der Waals surface area contributed by atoms with E-state index in [2.05, 4.69) is 29.1 Å². The predicted molar refractivity (Wildman–Crippen MR) is 84.7 cm³/mol. The average Bonchev–Trinajstić information content (AvgIpc) is 2.63. The van der Waals surface area contributed by atoms with Crippen LogP contribution in [0.2, 0.25) is 0 Å². The molecular weight excluding hydrogens is 250 g/mol. The molecule has 0 spiro atoms. The van der Waals surface area contributed by atoms with Crippen molar-refractivity contribution >= 4 is 11.7 Å². The number of nitrogens with one attached hydrogen (secondary N) is 1. The first-order chi connectivity index (χ1) is 9.66. The second-order valence-electron chi connectivity index (χ2n) is 6.48. The number of ether oxygens (including phenoxy) is 1. The Morgan fingerprint density at radius 2 is 2.05 bits per heavy atom. The van der Waals surface area contributed by atoms with Crippen LogP contribution in [0, 0.1) is 0 Å². The van der Waals surface area contributed by atoms with Gasteiger partial charge in [0.05, 0.1) is 11.4 Å². The summed E-state index contributed by atoms with van der Waals surface area (Å²) in [6.45, 7) is 7.05. The molecule has 0 aliphatic carbocycles. The van der Waals surface area contributed by atoms with Gasteiger partial charge in [-0.05, 0) is 39.5 Å². The summed E-state index contributed by atoms with van der Waals surface area (Å²) >= 11 is 0. The molecule has 0 bridgehead atoms. The molecule has 0 unspecified atom stereocenters. The zero-order valence-corrected chi connectivity index (χ0v) is 13.1. The van der Waals surface area contributed by atoms with Crippen LogP contribution in [0.15, 0.2) is 9.98 Å². The van der Waals surface area contributed by atoms with Crippen molar-refractivity contribution in [1.29, 1.82) is 0 Å². The average molecular weight is 279 g/mol. The number of rotatable bonds is 6. The second-order valence-corrected chi connectivity index (χ2v) is 6.48. The van der Waals surface area contributed by atoms with E-state index in [9.17, 15) is 0 Å². The Bertz CT molecular complexity index is 361. The molecule has 0 radical (unpaired) electrons. The molecule has 114 valence electrons. The lowest BCUT2D eigenvalue weighted by atomic mass is 10.1. The molecular formula is C16H29N3O. The Balaban J connectivity index is 1.51. The summed E-state index contributed by atoms with van der Waals surface area (Å²) in [6, 6.07) is 0. The molecule has 0 aromatic carbocycles. The first kappa shape index (κ1) is 15.3. The van der Waals surface area contributed by atoms with Crippen LogP contribution in [0.1, 0.15) is 65.2 Å². The second kappa shape index (κ2) is 7.65. The highest BCUT2D eigenvalue weighted by Gasteiger charge is 2.25. The highest BCUT2D eigenvalue weighted by atomic mass is 16.5. The summed E-state index contributed by atoms with van der Waals surface area (Å²) in [4.78, 5) is 9.17. The first-order valence-electron chi connectivity index (χ1n) is 8.14. The van der Waals surface area contributed by atoms with Crippen LogP contribution in [-0.2, 0) is 4.74 Å². The number of amidine groups is 1. The smallest absolute Gasteiger partial charge is 0.183 e. The highest BCUT2D eigenvalue weighted by molar-refractivity contribution is 5.82. The van der Waals surface area contributed by atoms with Crippen molar-refractivity contribution in [1.82, 2.24) is 5.32 Å². The fourth-order valence-corrected chi connectivity index (χ4v) is 2.62. The third kappa shape index (κ3) is 5.51. The van der Waals surface area contributed by atoms with Crippen LogP contribution in [0.4, 0.5) is 0 Å². The number of unbranched alkanes of at least 4 members (excludes halogenated alkanes) is 2. The number of aliphatic imine (C=N–C) groups is 2. The van der Waals surface area contributed by atoms with Crippen molar-refractivity contribution in [2.45, 2.75) is 70.8 Å². The molecule has 1 N–H and O–H groups in total. The lowest BCUT2D eigenvalue weighted by molar-refractivity contribution is 0.273. The maximum absolute atomic E-state index is 5.60. The van der Waals surface area contributed by atoms with E-state index in [1.165, 1.54) is 44.4 Å². The maximum atomic E-state index is 5.60.